The predicted octanol–water partition coefficient (Wildman–Crippen LogP) is 2.39. The van der Waals surface area contributed by atoms with Gasteiger partial charge in [-0.15, -0.1) is 21.5 Å². The van der Waals surface area contributed by atoms with Gasteiger partial charge in [0, 0.05) is 10.7 Å². The van der Waals surface area contributed by atoms with Crippen LogP contribution in [0.1, 0.15) is 19.9 Å². The maximum absolute atomic E-state index is 11.6. The molecule has 0 spiro atoms. The Morgan fingerprint density at radius 3 is 2.57 bits per heavy atom. The Balaban J connectivity index is 2.25. The molecule has 0 fully saturated rings. The first kappa shape index (κ1) is 14.2. The fourth-order valence-corrected chi connectivity index (χ4v) is 3.97. The zero-order valence-electron chi connectivity index (χ0n) is 11.5. The predicted molar refractivity (Wildman–Crippen MR) is 82.6 cm³/mol. The summed E-state index contributed by atoms with van der Waals surface area (Å²) < 4.78 is 25.9. The van der Waals surface area contributed by atoms with Crippen molar-refractivity contribution in [3.63, 3.8) is 0 Å². The van der Waals surface area contributed by atoms with Gasteiger partial charge in [0.05, 0.1) is 4.88 Å². The number of fused-ring (bicyclic) bond motifs is 1. The molecule has 110 valence electrons. The minimum absolute atomic E-state index is 0.117. The molecule has 21 heavy (non-hydrogen) atoms. The Morgan fingerprint density at radius 1 is 1.24 bits per heavy atom. The average molecular weight is 322 g/mol. The van der Waals surface area contributed by atoms with Gasteiger partial charge in [-0.1, -0.05) is 18.2 Å². The number of nitrogens with zero attached hydrogens (tertiary/aromatic N) is 3. The van der Waals surface area contributed by atoms with Gasteiger partial charge in [-0.2, -0.15) is 0 Å². The molecule has 0 aliphatic heterocycles. The van der Waals surface area contributed by atoms with Gasteiger partial charge in [0.15, 0.2) is 5.82 Å². The number of hydrogen-bond acceptors (Lipinski definition) is 5. The monoisotopic (exact) mass is 322 g/mol. The Kier molecular flexibility index (Phi) is 3.31. The molecule has 2 N–H and O–H groups in total. The molecule has 0 bridgehead atoms. The second-order valence-corrected chi connectivity index (χ2v) is 7.50. The summed E-state index contributed by atoms with van der Waals surface area (Å²) in [5.74, 6) is 0.523. The van der Waals surface area contributed by atoms with E-state index < -0.39 is 10.0 Å². The van der Waals surface area contributed by atoms with Crippen molar-refractivity contribution in [3.05, 3.63) is 30.3 Å². The van der Waals surface area contributed by atoms with Crippen LogP contribution in [-0.4, -0.2) is 23.2 Å². The average Bonchev–Trinajstić information content (AvgIpc) is 3.01. The van der Waals surface area contributed by atoms with E-state index in [-0.39, 0.29) is 11.2 Å². The van der Waals surface area contributed by atoms with E-state index in [9.17, 15) is 8.42 Å². The number of thiophene rings is 1. The zero-order chi connectivity index (χ0) is 15.2. The van der Waals surface area contributed by atoms with Gasteiger partial charge < -0.3 is 0 Å². The SMILES string of the molecule is CC(C)n1c(-c2cc3ccccc3s2)nnc1S(N)(=O)=O. The molecule has 3 rings (SSSR count). The van der Waals surface area contributed by atoms with Gasteiger partial charge in [-0.3, -0.25) is 4.57 Å². The van der Waals surface area contributed by atoms with E-state index >= 15 is 0 Å². The van der Waals surface area contributed by atoms with Crippen LogP contribution in [0.25, 0.3) is 20.8 Å². The van der Waals surface area contributed by atoms with Crippen LogP contribution in [0.3, 0.4) is 0 Å². The molecule has 0 amide bonds. The topological polar surface area (TPSA) is 90.9 Å². The molecule has 0 aliphatic rings. The molecule has 0 unspecified atom stereocenters. The first-order chi connectivity index (χ1) is 9.88. The zero-order valence-corrected chi connectivity index (χ0v) is 13.1. The molecule has 6 nitrogen and oxygen atoms in total. The molecule has 3 aromatic rings. The molecule has 0 aliphatic carbocycles. The van der Waals surface area contributed by atoms with Crippen molar-refractivity contribution in [2.24, 2.45) is 5.14 Å². The van der Waals surface area contributed by atoms with Gasteiger partial charge in [-0.05, 0) is 31.4 Å². The van der Waals surface area contributed by atoms with Crippen molar-refractivity contribution in [3.8, 4) is 10.7 Å². The summed E-state index contributed by atoms with van der Waals surface area (Å²) in [4.78, 5) is 0.868. The maximum atomic E-state index is 11.6. The molecule has 2 aromatic heterocycles. The fourth-order valence-electron chi connectivity index (χ4n) is 2.20. The van der Waals surface area contributed by atoms with Crippen molar-refractivity contribution in [2.45, 2.75) is 25.0 Å². The van der Waals surface area contributed by atoms with Crippen molar-refractivity contribution < 1.29 is 8.42 Å². The maximum Gasteiger partial charge on any atom is 0.273 e. The molecule has 0 saturated heterocycles. The summed E-state index contributed by atoms with van der Waals surface area (Å²) in [6.07, 6.45) is 0. The van der Waals surface area contributed by atoms with Gasteiger partial charge in [0.1, 0.15) is 0 Å². The van der Waals surface area contributed by atoms with Crippen LogP contribution in [0.2, 0.25) is 0 Å². The first-order valence-corrected chi connectivity index (χ1v) is 8.71. The smallest absolute Gasteiger partial charge is 0.273 e. The fraction of sp³-hybridized carbons (Fsp3) is 0.231. The van der Waals surface area contributed by atoms with Gasteiger partial charge in [-0.25, -0.2) is 13.6 Å². The van der Waals surface area contributed by atoms with Gasteiger partial charge in [0.25, 0.3) is 15.2 Å². The first-order valence-electron chi connectivity index (χ1n) is 6.34. The van der Waals surface area contributed by atoms with Crippen molar-refractivity contribution in [2.75, 3.05) is 0 Å². The minimum Gasteiger partial charge on any atom is -0.294 e. The number of sulfonamides is 1. The molecular weight excluding hydrogens is 308 g/mol. The molecular formula is C13H14N4O2S2. The lowest BCUT2D eigenvalue weighted by molar-refractivity contribution is 0.525. The van der Waals surface area contributed by atoms with Crippen LogP contribution in [0.4, 0.5) is 0 Å². The van der Waals surface area contributed by atoms with E-state index in [2.05, 4.69) is 10.2 Å². The van der Waals surface area contributed by atoms with Crippen molar-refractivity contribution in [1.82, 2.24) is 14.8 Å². The Labute approximate surface area is 126 Å². The number of rotatable bonds is 3. The molecule has 2 heterocycles. The van der Waals surface area contributed by atoms with Gasteiger partial charge >= 0.3 is 0 Å². The Morgan fingerprint density at radius 2 is 1.95 bits per heavy atom. The van der Waals surface area contributed by atoms with Crippen LogP contribution in [-0.2, 0) is 10.0 Å². The van der Waals surface area contributed by atoms with E-state index in [1.807, 2.05) is 44.2 Å². The summed E-state index contributed by atoms with van der Waals surface area (Å²) in [7, 11) is -3.90. The lowest BCUT2D eigenvalue weighted by Crippen LogP contribution is -2.19. The third-order valence-corrected chi connectivity index (χ3v) is 4.98. The Hall–Kier alpha value is -1.77. The minimum atomic E-state index is -3.90. The number of hydrogen-bond donors (Lipinski definition) is 1. The highest BCUT2D eigenvalue weighted by atomic mass is 32.2. The highest BCUT2D eigenvalue weighted by molar-refractivity contribution is 7.89. The summed E-state index contributed by atoms with van der Waals surface area (Å²) in [6, 6.07) is 9.81. The quantitative estimate of drug-likeness (QED) is 0.801. The largest absolute Gasteiger partial charge is 0.294 e. The Bertz CT molecular complexity index is 876. The van der Waals surface area contributed by atoms with E-state index in [0.29, 0.717) is 5.82 Å². The summed E-state index contributed by atoms with van der Waals surface area (Å²) in [5, 5.41) is 13.9. The van der Waals surface area contributed by atoms with Crippen LogP contribution < -0.4 is 5.14 Å². The lowest BCUT2D eigenvalue weighted by Gasteiger charge is -2.11. The molecule has 1 aromatic carbocycles. The third kappa shape index (κ3) is 2.45. The van der Waals surface area contributed by atoms with Crippen LogP contribution >= 0.6 is 11.3 Å². The number of benzene rings is 1. The molecule has 8 heteroatoms. The van der Waals surface area contributed by atoms with E-state index in [1.54, 1.807) is 15.9 Å². The van der Waals surface area contributed by atoms with Crippen molar-refractivity contribution in [1.29, 1.82) is 0 Å². The second kappa shape index (κ2) is 4.90. The third-order valence-electron chi connectivity index (χ3n) is 3.08. The molecule has 0 radical (unpaired) electrons. The second-order valence-electron chi connectivity index (χ2n) is 4.96. The number of nitrogens with two attached hydrogens (primary N) is 1. The molecule has 0 atom stereocenters. The van der Waals surface area contributed by atoms with E-state index in [1.165, 1.54) is 0 Å². The van der Waals surface area contributed by atoms with Crippen molar-refractivity contribution >= 4 is 31.4 Å². The van der Waals surface area contributed by atoms with Crippen LogP contribution in [0.5, 0.6) is 0 Å². The van der Waals surface area contributed by atoms with E-state index in [0.717, 1.165) is 15.0 Å². The number of aromatic nitrogens is 3. The standard InChI is InChI=1S/C13H14N4O2S2/c1-8(2)17-12(15-16-13(17)21(14,18)19)11-7-9-5-3-4-6-10(9)20-11/h3-8H,1-2H3,(H2,14,18,19). The number of primary sulfonamides is 1. The highest BCUT2D eigenvalue weighted by Gasteiger charge is 2.24. The highest BCUT2D eigenvalue weighted by Crippen LogP contribution is 2.34. The normalized spacial score (nSPS) is 12.4. The summed E-state index contributed by atoms with van der Waals surface area (Å²) >= 11 is 1.55. The summed E-state index contributed by atoms with van der Waals surface area (Å²) in [5.41, 5.74) is 0. The van der Waals surface area contributed by atoms with Gasteiger partial charge in [0.2, 0.25) is 0 Å². The molecule has 0 saturated carbocycles. The summed E-state index contributed by atoms with van der Waals surface area (Å²) in [6.45, 7) is 3.74. The van der Waals surface area contributed by atoms with Crippen LogP contribution in [0, 0.1) is 0 Å². The van der Waals surface area contributed by atoms with Crippen LogP contribution in [0.15, 0.2) is 35.5 Å². The van der Waals surface area contributed by atoms with E-state index in [4.69, 9.17) is 5.14 Å². The lowest BCUT2D eigenvalue weighted by atomic mass is 10.2.